The summed E-state index contributed by atoms with van der Waals surface area (Å²) in [6.45, 7) is 16.0. The number of hydrogen-bond donors (Lipinski definition) is 1. The Kier molecular flexibility index (Phi) is 7.53. The molecule has 1 aromatic rings. The molecule has 2 heterocycles. The SMILES string of the molecule is Cc1cccc(C)c1NC(=O)CN1CCN(C(C)C(=O)N2CC(C)CC(C)C2)CC1. The van der Waals surface area contributed by atoms with Crippen LogP contribution in [0, 0.1) is 25.7 Å². The Morgan fingerprint density at radius 1 is 1.03 bits per heavy atom. The maximum Gasteiger partial charge on any atom is 0.239 e. The number of anilines is 1. The summed E-state index contributed by atoms with van der Waals surface area (Å²) in [7, 11) is 0. The van der Waals surface area contributed by atoms with Crippen LogP contribution in [0.25, 0.3) is 0 Å². The first-order valence-electron chi connectivity index (χ1n) is 11.4. The minimum Gasteiger partial charge on any atom is -0.341 e. The van der Waals surface area contributed by atoms with Gasteiger partial charge in [0.15, 0.2) is 0 Å². The molecule has 2 saturated heterocycles. The molecular formula is C24H38N4O2. The highest BCUT2D eigenvalue weighted by Gasteiger charge is 2.32. The molecule has 30 heavy (non-hydrogen) atoms. The van der Waals surface area contributed by atoms with Crippen molar-refractivity contribution in [3.8, 4) is 0 Å². The van der Waals surface area contributed by atoms with Gasteiger partial charge in [-0.05, 0) is 50.2 Å². The first-order chi connectivity index (χ1) is 14.2. The van der Waals surface area contributed by atoms with Crippen LogP contribution in [0.3, 0.4) is 0 Å². The molecule has 1 N–H and O–H groups in total. The van der Waals surface area contributed by atoms with E-state index < -0.39 is 0 Å². The van der Waals surface area contributed by atoms with Crippen LogP contribution in [-0.4, -0.2) is 78.4 Å². The van der Waals surface area contributed by atoms with Gasteiger partial charge in [-0.2, -0.15) is 0 Å². The fraction of sp³-hybridized carbons (Fsp3) is 0.667. The van der Waals surface area contributed by atoms with Crippen LogP contribution < -0.4 is 5.32 Å². The topological polar surface area (TPSA) is 55.9 Å². The summed E-state index contributed by atoms with van der Waals surface area (Å²) in [6.07, 6.45) is 1.21. The van der Waals surface area contributed by atoms with Crippen LogP contribution in [0.1, 0.15) is 38.3 Å². The molecular weight excluding hydrogens is 376 g/mol. The van der Waals surface area contributed by atoms with Crippen molar-refractivity contribution >= 4 is 17.5 Å². The summed E-state index contributed by atoms with van der Waals surface area (Å²) in [5, 5.41) is 3.07. The van der Waals surface area contributed by atoms with Crippen molar-refractivity contribution in [3.63, 3.8) is 0 Å². The average molecular weight is 415 g/mol. The minimum absolute atomic E-state index is 0.0290. The van der Waals surface area contributed by atoms with E-state index in [4.69, 9.17) is 0 Å². The van der Waals surface area contributed by atoms with E-state index in [-0.39, 0.29) is 17.9 Å². The fourth-order valence-electron chi connectivity index (χ4n) is 4.97. The number of piperidine rings is 1. The van der Waals surface area contributed by atoms with E-state index in [0.717, 1.165) is 56.1 Å². The molecule has 6 nitrogen and oxygen atoms in total. The van der Waals surface area contributed by atoms with Crippen LogP contribution in [0.2, 0.25) is 0 Å². The molecule has 1 aromatic carbocycles. The Hall–Kier alpha value is -1.92. The number of likely N-dealkylation sites (tertiary alicyclic amines) is 1. The van der Waals surface area contributed by atoms with Crippen LogP contribution in [0.4, 0.5) is 5.69 Å². The first kappa shape index (κ1) is 22.8. The molecule has 3 unspecified atom stereocenters. The molecule has 3 rings (SSSR count). The van der Waals surface area contributed by atoms with Gasteiger partial charge < -0.3 is 10.2 Å². The van der Waals surface area contributed by atoms with Gasteiger partial charge in [0.1, 0.15) is 0 Å². The molecule has 2 aliphatic heterocycles. The minimum atomic E-state index is -0.0897. The van der Waals surface area contributed by atoms with E-state index in [9.17, 15) is 9.59 Å². The number of nitrogens with zero attached hydrogens (tertiary/aromatic N) is 3. The third kappa shape index (κ3) is 5.61. The van der Waals surface area contributed by atoms with Crippen molar-refractivity contribution < 1.29 is 9.59 Å². The molecule has 0 aliphatic carbocycles. The number of carbonyl (C=O) groups excluding carboxylic acids is 2. The molecule has 166 valence electrons. The summed E-state index contributed by atoms with van der Waals surface area (Å²) < 4.78 is 0. The standard InChI is InChI=1S/C24H38N4O2/c1-17-13-18(2)15-28(14-17)24(30)21(5)27-11-9-26(10-12-27)16-22(29)25-23-19(3)7-6-8-20(23)4/h6-8,17-18,21H,9-16H2,1-5H3,(H,25,29). The average Bonchev–Trinajstić information content (AvgIpc) is 2.69. The molecule has 2 aliphatic rings. The molecule has 0 spiro atoms. The third-order valence-corrected chi connectivity index (χ3v) is 6.61. The molecule has 2 amide bonds. The molecule has 0 saturated carbocycles. The van der Waals surface area contributed by atoms with Crippen LogP contribution in [0.15, 0.2) is 18.2 Å². The van der Waals surface area contributed by atoms with Crippen LogP contribution in [0.5, 0.6) is 0 Å². The van der Waals surface area contributed by atoms with Gasteiger partial charge in [0.25, 0.3) is 0 Å². The number of benzene rings is 1. The van der Waals surface area contributed by atoms with E-state index >= 15 is 0 Å². The van der Waals surface area contributed by atoms with Crippen LogP contribution in [-0.2, 0) is 9.59 Å². The first-order valence-corrected chi connectivity index (χ1v) is 11.4. The van der Waals surface area contributed by atoms with E-state index in [1.807, 2.05) is 39.0 Å². The number of piperazine rings is 1. The van der Waals surface area contributed by atoms with E-state index in [1.165, 1.54) is 6.42 Å². The van der Waals surface area contributed by atoms with Gasteiger partial charge in [-0.1, -0.05) is 32.0 Å². The summed E-state index contributed by atoms with van der Waals surface area (Å²) in [4.78, 5) is 32.1. The van der Waals surface area contributed by atoms with Gasteiger partial charge in [0.2, 0.25) is 11.8 Å². The van der Waals surface area contributed by atoms with Gasteiger partial charge in [0, 0.05) is 45.0 Å². The van der Waals surface area contributed by atoms with Crippen molar-refractivity contribution in [1.82, 2.24) is 14.7 Å². The lowest BCUT2D eigenvalue weighted by atomic mass is 9.91. The van der Waals surface area contributed by atoms with Gasteiger partial charge in [-0.3, -0.25) is 19.4 Å². The fourth-order valence-corrected chi connectivity index (χ4v) is 4.97. The number of para-hydroxylation sites is 1. The third-order valence-electron chi connectivity index (χ3n) is 6.61. The quantitative estimate of drug-likeness (QED) is 0.805. The van der Waals surface area contributed by atoms with Crippen LogP contribution >= 0.6 is 0 Å². The van der Waals surface area contributed by atoms with Gasteiger partial charge >= 0.3 is 0 Å². The lowest BCUT2D eigenvalue weighted by Crippen LogP contribution is -2.56. The number of aryl methyl sites for hydroxylation is 2. The van der Waals surface area contributed by atoms with Crippen molar-refractivity contribution in [2.24, 2.45) is 11.8 Å². The Morgan fingerprint density at radius 2 is 1.60 bits per heavy atom. The number of rotatable bonds is 5. The highest BCUT2D eigenvalue weighted by molar-refractivity contribution is 5.93. The van der Waals surface area contributed by atoms with Crippen molar-refractivity contribution in [3.05, 3.63) is 29.3 Å². The zero-order chi connectivity index (χ0) is 21.8. The second-order valence-electron chi connectivity index (χ2n) is 9.49. The highest BCUT2D eigenvalue weighted by Crippen LogP contribution is 2.23. The smallest absolute Gasteiger partial charge is 0.239 e. The maximum atomic E-state index is 13.0. The molecule has 0 aromatic heterocycles. The zero-order valence-electron chi connectivity index (χ0n) is 19.3. The molecule has 0 bridgehead atoms. The second kappa shape index (κ2) is 9.92. The Balaban J connectivity index is 1.47. The molecule has 3 atom stereocenters. The predicted octanol–water partition coefficient (Wildman–Crippen LogP) is 2.75. The number of amides is 2. The Bertz CT molecular complexity index is 727. The Morgan fingerprint density at radius 3 is 2.17 bits per heavy atom. The van der Waals surface area contributed by atoms with Gasteiger partial charge in [0.05, 0.1) is 12.6 Å². The lowest BCUT2D eigenvalue weighted by Gasteiger charge is -2.41. The number of hydrogen-bond acceptors (Lipinski definition) is 4. The number of nitrogens with one attached hydrogen (secondary N) is 1. The predicted molar refractivity (Wildman–Crippen MR) is 122 cm³/mol. The summed E-state index contributed by atoms with van der Waals surface area (Å²) in [5.74, 6) is 1.45. The highest BCUT2D eigenvalue weighted by atomic mass is 16.2. The Labute approximate surface area is 181 Å². The summed E-state index contributed by atoms with van der Waals surface area (Å²) in [6, 6.07) is 5.95. The largest absolute Gasteiger partial charge is 0.341 e. The second-order valence-corrected chi connectivity index (χ2v) is 9.49. The van der Waals surface area contributed by atoms with Crippen molar-refractivity contribution in [2.75, 3.05) is 51.1 Å². The summed E-state index contributed by atoms with van der Waals surface area (Å²) >= 11 is 0. The molecule has 2 fully saturated rings. The van der Waals surface area contributed by atoms with Gasteiger partial charge in [-0.25, -0.2) is 0 Å². The zero-order valence-corrected chi connectivity index (χ0v) is 19.3. The van der Waals surface area contributed by atoms with Gasteiger partial charge in [-0.15, -0.1) is 0 Å². The number of carbonyl (C=O) groups is 2. The summed E-state index contributed by atoms with van der Waals surface area (Å²) in [5.41, 5.74) is 3.09. The van der Waals surface area contributed by atoms with Crippen molar-refractivity contribution in [2.45, 2.75) is 47.1 Å². The van der Waals surface area contributed by atoms with E-state index in [0.29, 0.717) is 18.4 Å². The lowest BCUT2D eigenvalue weighted by molar-refractivity contribution is -0.140. The van der Waals surface area contributed by atoms with Crippen molar-refractivity contribution in [1.29, 1.82) is 0 Å². The molecule has 6 heteroatoms. The van der Waals surface area contributed by atoms with E-state index in [1.54, 1.807) is 0 Å². The normalized spacial score (nSPS) is 24.5. The van der Waals surface area contributed by atoms with E-state index in [2.05, 4.69) is 33.9 Å². The maximum absolute atomic E-state index is 13.0. The monoisotopic (exact) mass is 414 g/mol. The molecule has 0 radical (unpaired) electrons.